The van der Waals surface area contributed by atoms with Crippen molar-refractivity contribution in [2.24, 2.45) is 16.6 Å². The van der Waals surface area contributed by atoms with Crippen LogP contribution in [0.15, 0.2) is 0 Å². The summed E-state index contributed by atoms with van der Waals surface area (Å²) in [6.45, 7) is 15.0. The summed E-state index contributed by atoms with van der Waals surface area (Å²) < 4.78 is 0. The third-order valence-corrected chi connectivity index (χ3v) is 4.06. The van der Waals surface area contributed by atoms with Gasteiger partial charge < -0.3 is 11.1 Å². The molecular formula is C15H32N2. The average Bonchev–Trinajstić information content (AvgIpc) is 2.09. The van der Waals surface area contributed by atoms with Gasteiger partial charge in [0, 0.05) is 18.1 Å². The van der Waals surface area contributed by atoms with Crippen LogP contribution in [0.3, 0.4) is 0 Å². The topological polar surface area (TPSA) is 38.0 Å². The highest BCUT2D eigenvalue weighted by Gasteiger charge is 2.33. The van der Waals surface area contributed by atoms with Gasteiger partial charge in [-0.3, -0.25) is 0 Å². The highest BCUT2D eigenvalue weighted by atomic mass is 15.0. The second kappa shape index (κ2) is 4.89. The van der Waals surface area contributed by atoms with Crippen LogP contribution >= 0.6 is 0 Å². The van der Waals surface area contributed by atoms with Gasteiger partial charge in [0.1, 0.15) is 0 Å². The zero-order chi connectivity index (χ0) is 13.3. The summed E-state index contributed by atoms with van der Waals surface area (Å²) in [5.41, 5.74) is 7.21. The minimum atomic E-state index is 0.197. The van der Waals surface area contributed by atoms with Gasteiger partial charge in [-0.05, 0) is 50.4 Å². The maximum Gasteiger partial charge on any atom is 0.0170 e. The van der Waals surface area contributed by atoms with Crippen LogP contribution in [-0.2, 0) is 0 Å². The fourth-order valence-corrected chi connectivity index (χ4v) is 3.32. The molecule has 0 aromatic rings. The molecule has 1 fully saturated rings. The van der Waals surface area contributed by atoms with Crippen molar-refractivity contribution in [2.75, 3.05) is 6.54 Å². The van der Waals surface area contributed by atoms with Gasteiger partial charge in [-0.25, -0.2) is 0 Å². The number of rotatable bonds is 0. The molecule has 1 atom stereocenters. The Hall–Kier alpha value is -0.0800. The van der Waals surface area contributed by atoms with Gasteiger partial charge >= 0.3 is 0 Å². The van der Waals surface area contributed by atoms with Crippen molar-refractivity contribution in [3.05, 3.63) is 0 Å². The molecule has 1 heterocycles. The molecule has 0 radical (unpaired) electrons. The maximum absolute atomic E-state index is 6.23. The molecule has 0 amide bonds. The van der Waals surface area contributed by atoms with Crippen molar-refractivity contribution in [3.63, 3.8) is 0 Å². The number of hydrogen-bond donors (Lipinski definition) is 2. The SMILES string of the molecule is CC1(C)CCC(C)(C)CC(C)(C)NCC(N)C1. The van der Waals surface area contributed by atoms with Gasteiger partial charge in [0.15, 0.2) is 0 Å². The Morgan fingerprint density at radius 1 is 0.941 bits per heavy atom. The number of nitrogens with one attached hydrogen (secondary N) is 1. The predicted octanol–water partition coefficient (Wildman–Crippen LogP) is 3.31. The normalized spacial score (nSPS) is 33.0. The minimum absolute atomic E-state index is 0.197. The Balaban J connectivity index is 2.78. The number of nitrogens with two attached hydrogens (primary N) is 1. The van der Waals surface area contributed by atoms with Gasteiger partial charge in [0.2, 0.25) is 0 Å². The summed E-state index contributed by atoms with van der Waals surface area (Å²) in [6.07, 6.45) is 4.90. The molecule has 1 aliphatic heterocycles. The molecule has 2 nitrogen and oxygen atoms in total. The van der Waals surface area contributed by atoms with E-state index >= 15 is 0 Å². The van der Waals surface area contributed by atoms with Crippen LogP contribution in [0.1, 0.15) is 67.2 Å². The van der Waals surface area contributed by atoms with Crippen LogP contribution in [0.5, 0.6) is 0 Å². The van der Waals surface area contributed by atoms with Gasteiger partial charge in [-0.2, -0.15) is 0 Å². The molecule has 0 aromatic heterocycles. The molecule has 0 bridgehead atoms. The van der Waals surface area contributed by atoms with E-state index in [1.54, 1.807) is 0 Å². The van der Waals surface area contributed by atoms with Gasteiger partial charge in [-0.15, -0.1) is 0 Å². The summed E-state index contributed by atoms with van der Waals surface area (Å²) in [6, 6.07) is 0.283. The first-order valence-corrected chi connectivity index (χ1v) is 7.02. The molecule has 3 N–H and O–H groups in total. The van der Waals surface area contributed by atoms with Gasteiger partial charge in [0.25, 0.3) is 0 Å². The van der Waals surface area contributed by atoms with Crippen molar-refractivity contribution < 1.29 is 0 Å². The predicted molar refractivity (Wildman–Crippen MR) is 76.1 cm³/mol. The van der Waals surface area contributed by atoms with Crippen LogP contribution in [0.25, 0.3) is 0 Å². The molecule has 17 heavy (non-hydrogen) atoms. The Kier molecular flexibility index (Phi) is 4.31. The molecule has 1 unspecified atom stereocenters. The zero-order valence-corrected chi connectivity index (χ0v) is 12.7. The average molecular weight is 240 g/mol. The van der Waals surface area contributed by atoms with Crippen LogP contribution in [0, 0.1) is 10.8 Å². The van der Waals surface area contributed by atoms with Crippen molar-refractivity contribution >= 4 is 0 Å². The Bertz CT molecular complexity index is 254. The fourth-order valence-electron chi connectivity index (χ4n) is 3.32. The monoisotopic (exact) mass is 240 g/mol. The molecule has 0 aromatic carbocycles. The summed E-state index contributed by atoms with van der Waals surface area (Å²) in [7, 11) is 0. The molecular weight excluding hydrogens is 208 g/mol. The van der Waals surface area contributed by atoms with E-state index in [1.165, 1.54) is 19.3 Å². The first-order chi connectivity index (χ1) is 7.52. The Morgan fingerprint density at radius 2 is 1.47 bits per heavy atom. The maximum atomic E-state index is 6.23. The van der Waals surface area contributed by atoms with E-state index in [0.29, 0.717) is 10.8 Å². The van der Waals surface area contributed by atoms with E-state index in [0.717, 1.165) is 13.0 Å². The van der Waals surface area contributed by atoms with Gasteiger partial charge in [-0.1, -0.05) is 27.7 Å². The molecule has 1 rings (SSSR count). The minimum Gasteiger partial charge on any atom is -0.327 e. The molecule has 1 saturated heterocycles. The molecule has 0 saturated carbocycles. The lowest BCUT2D eigenvalue weighted by Gasteiger charge is -2.41. The van der Waals surface area contributed by atoms with Crippen molar-refractivity contribution in [1.29, 1.82) is 0 Å². The quantitative estimate of drug-likeness (QED) is 0.682. The van der Waals surface area contributed by atoms with Crippen LogP contribution < -0.4 is 11.1 Å². The number of hydrogen-bond acceptors (Lipinski definition) is 2. The largest absolute Gasteiger partial charge is 0.327 e. The van der Waals surface area contributed by atoms with Crippen LogP contribution in [0.2, 0.25) is 0 Å². The second-order valence-corrected chi connectivity index (χ2v) is 8.23. The first kappa shape index (κ1) is 15.0. The lowest BCUT2D eigenvalue weighted by molar-refractivity contribution is 0.148. The zero-order valence-electron chi connectivity index (χ0n) is 12.7. The van der Waals surface area contributed by atoms with E-state index in [1.807, 2.05) is 0 Å². The third-order valence-electron chi connectivity index (χ3n) is 4.06. The van der Waals surface area contributed by atoms with E-state index in [2.05, 4.69) is 46.9 Å². The van der Waals surface area contributed by atoms with Crippen molar-refractivity contribution in [3.8, 4) is 0 Å². The molecule has 102 valence electrons. The van der Waals surface area contributed by atoms with Crippen molar-refractivity contribution in [1.82, 2.24) is 5.32 Å². The summed E-state index contributed by atoms with van der Waals surface area (Å²) in [5, 5.41) is 3.65. The van der Waals surface area contributed by atoms with E-state index in [4.69, 9.17) is 5.73 Å². The highest BCUT2D eigenvalue weighted by Crippen LogP contribution is 2.39. The Labute approximate surface area is 108 Å². The molecule has 0 aliphatic carbocycles. The molecule has 2 heteroatoms. The van der Waals surface area contributed by atoms with E-state index in [9.17, 15) is 0 Å². The second-order valence-electron chi connectivity index (χ2n) is 8.23. The third kappa shape index (κ3) is 5.39. The lowest BCUT2D eigenvalue weighted by Crippen LogP contribution is -2.49. The molecule has 1 aliphatic rings. The standard InChI is InChI=1S/C15H32N2/c1-13(2)7-8-14(3,4)11-15(5,6)17-10-12(16)9-13/h12,17H,7-11,16H2,1-6H3. The fraction of sp³-hybridized carbons (Fsp3) is 1.00. The Morgan fingerprint density at radius 3 is 2.06 bits per heavy atom. The summed E-state index contributed by atoms with van der Waals surface area (Å²) in [5.74, 6) is 0. The van der Waals surface area contributed by atoms with Gasteiger partial charge in [0.05, 0.1) is 0 Å². The molecule has 0 spiro atoms. The van der Waals surface area contributed by atoms with E-state index in [-0.39, 0.29) is 11.6 Å². The highest BCUT2D eigenvalue weighted by molar-refractivity contribution is 4.90. The lowest BCUT2D eigenvalue weighted by atomic mass is 9.71. The first-order valence-electron chi connectivity index (χ1n) is 7.02. The van der Waals surface area contributed by atoms with Crippen molar-refractivity contribution in [2.45, 2.75) is 78.8 Å². The smallest absolute Gasteiger partial charge is 0.0170 e. The summed E-state index contributed by atoms with van der Waals surface area (Å²) >= 11 is 0. The summed E-state index contributed by atoms with van der Waals surface area (Å²) in [4.78, 5) is 0. The van der Waals surface area contributed by atoms with Crippen LogP contribution in [-0.4, -0.2) is 18.1 Å². The van der Waals surface area contributed by atoms with Crippen LogP contribution in [0.4, 0.5) is 0 Å². The van der Waals surface area contributed by atoms with E-state index < -0.39 is 0 Å².